The first kappa shape index (κ1) is 17.3. The number of thiophene rings is 1. The molecule has 0 saturated carbocycles. The molecule has 0 spiro atoms. The fourth-order valence-corrected chi connectivity index (χ4v) is 5.83. The molecule has 1 aliphatic carbocycles. The van der Waals surface area contributed by atoms with Crippen LogP contribution < -0.4 is 10.2 Å². The highest BCUT2D eigenvalue weighted by atomic mass is 32.1. The van der Waals surface area contributed by atoms with Crippen LogP contribution in [0.1, 0.15) is 29.1 Å². The van der Waals surface area contributed by atoms with Gasteiger partial charge in [0.05, 0.1) is 18.1 Å². The Morgan fingerprint density at radius 3 is 3.11 bits per heavy atom. The second-order valence-corrected chi connectivity index (χ2v) is 8.95. The van der Waals surface area contributed by atoms with Gasteiger partial charge in [0, 0.05) is 24.5 Å². The Bertz CT molecular complexity index is 941. The van der Waals surface area contributed by atoms with Crippen molar-refractivity contribution in [3.05, 3.63) is 21.8 Å². The van der Waals surface area contributed by atoms with Gasteiger partial charge < -0.3 is 15.0 Å². The Labute approximate surface area is 165 Å². The molecule has 3 aromatic heterocycles. The highest BCUT2D eigenvalue weighted by molar-refractivity contribution is 7.19. The zero-order chi connectivity index (χ0) is 18.2. The topological polar surface area (TPSA) is 76.1 Å². The van der Waals surface area contributed by atoms with E-state index in [2.05, 4.69) is 20.4 Å². The van der Waals surface area contributed by atoms with E-state index in [1.165, 1.54) is 35.1 Å². The lowest BCUT2D eigenvalue weighted by molar-refractivity contribution is 0.0492. The number of fused-ring (bicyclic) bond motifs is 3. The molecule has 0 aromatic carbocycles. The Morgan fingerprint density at radius 1 is 1.30 bits per heavy atom. The molecule has 3 aromatic rings. The minimum Gasteiger partial charge on any atom is -0.373 e. The SMILES string of the molecule is Cc1nc(NC[C@@H]2CN(c3nncs3)CCO2)c2c3c(sc2n1)CCCC3. The molecule has 0 bridgehead atoms. The average molecular weight is 403 g/mol. The summed E-state index contributed by atoms with van der Waals surface area (Å²) in [5, 5.41) is 13.9. The lowest BCUT2D eigenvalue weighted by Crippen LogP contribution is -2.45. The van der Waals surface area contributed by atoms with Gasteiger partial charge in [0.2, 0.25) is 5.13 Å². The summed E-state index contributed by atoms with van der Waals surface area (Å²) in [5.74, 6) is 1.79. The molecule has 27 heavy (non-hydrogen) atoms. The number of rotatable bonds is 4. The highest BCUT2D eigenvalue weighted by Crippen LogP contribution is 2.38. The van der Waals surface area contributed by atoms with E-state index in [4.69, 9.17) is 14.7 Å². The third-order valence-electron chi connectivity index (χ3n) is 5.18. The van der Waals surface area contributed by atoms with E-state index in [1.807, 2.05) is 18.3 Å². The quantitative estimate of drug-likeness (QED) is 0.719. The third kappa shape index (κ3) is 3.39. The summed E-state index contributed by atoms with van der Waals surface area (Å²) in [4.78, 5) is 14.3. The fraction of sp³-hybridized carbons (Fsp3) is 0.556. The number of hydrogen-bond donors (Lipinski definition) is 1. The third-order valence-corrected chi connectivity index (χ3v) is 7.12. The molecule has 9 heteroatoms. The summed E-state index contributed by atoms with van der Waals surface area (Å²) in [6.07, 6.45) is 4.96. The molecule has 142 valence electrons. The van der Waals surface area contributed by atoms with Gasteiger partial charge >= 0.3 is 0 Å². The molecule has 7 nitrogen and oxygen atoms in total. The molecular weight excluding hydrogens is 380 g/mol. The molecule has 1 fully saturated rings. The second-order valence-electron chi connectivity index (χ2n) is 7.05. The van der Waals surface area contributed by atoms with Crippen LogP contribution in [0, 0.1) is 6.92 Å². The number of nitrogens with zero attached hydrogens (tertiary/aromatic N) is 5. The molecule has 0 amide bonds. The molecule has 5 rings (SSSR count). The monoisotopic (exact) mass is 402 g/mol. The highest BCUT2D eigenvalue weighted by Gasteiger charge is 2.24. The zero-order valence-corrected chi connectivity index (χ0v) is 16.9. The Kier molecular flexibility index (Phi) is 4.66. The molecule has 1 atom stereocenters. The number of anilines is 2. The van der Waals surface area contributed by atoms with Gasteiger partial charge in [0.1, 0.15) is 22.0 Å². The maximum Gasteiger partial charge on any atom is 0.208 e. The van der Waals surface area contributed by atoms with Crippen molar-refractivity contribution in [3.63, 3.8) is 0 Å². The lowest BCUT2D eigenvalue weighted by atomic mass is 9.97. The van der Waals surface area contributed by atoms with Gasteiger partial charge in [0.15, 0.2) is 0 Å². The van der Waals surface area contributed by atoms with Crippen molar-refractivity contribution in [1.29, 1.82) is 0 Å². The molecule has 2 aliphatic rings. The molecule has 0 unspecified atom stereocenters. The predicted octanol–water partition coefficient (Wildman–Crippen LogP) is 3.05. The van der Waals surface area contributed by atoms with Gasteiger partial charge in [-0.15, -0.1) is 21.5 Å². The van der Waals surface area contributed by atoms with Crippen molar-refractivity contribution < 1.29 is 4.74 Å². The van der Waals surface area contributed by atoms with Crippen molar-refractivity contribution in [2.45, 2.75) is 38.7 Å². The van der Waals surface area contributed by atoms with Crippen molar-refractivity contribution in [1.82, 2.24) is 20.2 Å². The van der Waals surface area contributed by atoms with Gasteiger partial charge in [-0.2, -0.15) is 0 Å². The van der Waals surface area contributed by atoms with E-state index in [0.717, 1.165) is 47.7 Å². The van der Waals surface area contributed by atoms with Gasteiger partial charge in [-0.25, -0.2) is 9.97 Å². The number of aryl methyl sites for hydroxylation is 3. The maximum absolute atomic E-state index is 5.98. The summed E-state index contributed by atoms with van der Waals surface area (Å²) in [5.41, 5.74) is 3.24. The smallest absolute Gasteiger partial charge is 0.208 e. The zero-order valence-electron chi connectivity index (χ0n) is 15.3. The van der Waals surface area contributed by atoms with Crippen LogP contribution in [-0.4, -0.2) is 52.5 Å². The van der Waals surface area contributed by atoms with Crippen LogP contribution in [-0.2, 0) is 17.6 Å². The van der Waals surface area contributed by atoms with Gasteiger partial charge in [-0.05, 0) is 38.2 Å². The van der Waals surface area contributed by atoms with Crippen LogP contribution in [0.3, 0.4) is 0 Å². The number of aromatic nitrogens is 4. The number of morpholine rings is 1. The summed E-state index contributed by atoms with van der Waals surface area (Å²) >= 11 is 3.42. The number of hydrogen-bond acceptors (Lipinski definition) is 9. The van der Waals surface area contributed by atoms with E-state index >= 15 is 0 Å². The van der Waals surface area contributed by atoms with E-state index in [-0.39, 0.29) is 6.10 Å². The van der Waals surface area contributed by atoms with Crippen LogP contribution >= 0.6 is 22.7 Å². The minimum atomic E-state index is 0.0995. The van der Waals surface area contributed by atoms with Crippen molar-refractivity contribution in [3.8, 4) is 0 Å². The summed E-state index contributed by atoms with van der Waals surface area (Å²) in [6, 6.07) is 0. The van der Waals surface area contributed by atoms with Crippen LogP contribution in [0.5, 0.6) is 0 Å². The van der Waals surface area contributed by atoms with E-state index in [1.54, 1.807) is 16.8 Å². The van der Waals surface area contributed by atoms with E-state index in [9.17, 15) is 0 Å². The molecule has 1 saturated heterocycles. The van der Waals surface area contributed by atoms with E-state index in [0.29, 0.717) is 6.61 Å². The number of nitrogens with one attached hydrogen (secondary N) is 1. The Hall–Kier alpha value is -1.84. The molecule has 1 N–H and O–H groups in total. The average Bonchev–Trinajstić information content (AvgIpc) is 3.34. The van der Waals surface area contributed by atoms with Gasteiger partial charge in [-0.3, -0.25) is 0 Å². The maximum atomic E-state index is 5.98. The molecule has 1 aliphatic heterocycles. The standard InChI is InChI=1S/C18H22N6OS2/c1-11-21-16(15-13-4-2-3-5-14(13)27-17(15)22-11)19-8-12-9-24(6-7-25-12)18-23-20-10-26-18/h10,12H,2-9H2,1H3,(H,19,21,22)/t12-/m1/s1. The first-order valence-electron chi connectivity index (χ1n) is 9.43. The van der Waals surface area contributed by atoms with Crippen LogP contribution in [0.4, 0.5) is 10.9 Å². The van der Waals surface area contributed by atoms with Gasteiger partial charge in [-0.1, -0.05) is 11.3 Å². The normalized spacial score (nSPS) is 20.0. The first-order chi connectivity index (χ1) is 13.3. The fourth-order valence-electron chi connectivity index (χ4n) is 3.92. The van der Waals surface area contributed by atoms with Crippen molar-refractivity contribution in [2.24, 2.45) is 0 Å². The van der Waals surface area contributed by atoms with Crippen molar-refractivity contribution in [2.75, 3.05) is 36.5 Å². The van der Waals surface area contributed by atoms with Crippen LogP contribution in [0.25, 0.3) is 10.2 Å². The minimum absolute atomic E-state index is 0.0995. The predicted molar refractivity (Wildman–Crippen MR) is 109 cm³/mol. The van der Waals surface area contributed by atoms with Crippen molar-refractivity contribution >= 4 is 43.8 Å². The summed E-state index contributed by atoms with van der Waals surface area (Å²) in [7, 11) is 0. The molecule has 0 radical (unpaired) electrons. The Balaban J connectivity index is 1.36. The lowest BCUT2D eigenvalue weighted by Gasteiger charge is -2.32. The Morgan fingerprint density at radius 2 is 2.22 bits per heavy atom. The molecule has 4 heterocycles. The molecular formula is C18H22N6OS2. The van der Waals surface area contributed by atoms with Gasteiger partial charge in [0.25, 0.3) is 0 Å². The number of ether oxygens (including phenoxy) is 1. The van der Waals surface area contributed by atoms with Crippen LogP contribution in [0.2, 0.25) is 0 Å². The largest absolute Gasteiger partial charge is 0.373 e. The summed E-state index contributed by atoms with van der Waals surface area (Å²) < 4.78 is 5.98. The summed E-state index contributed by atoms with van der Waals surface area (Å²) in [6.45, 7) is 5.08. The first-order valence-corrected chi connectivity index (χ1v) is 11.1. The second kappa shape index (κ2) is 7.29. The van der Waals surface area contributed by atoms with Crippen LogP contribution in [0.15, 0.2) is 5.51 Å². The van der Waals surface area contributed by atoms with E-state index < -0.39 is 0 Å².